The van der Waals surface area contributed by atoms with Gasteiger partial charge in [-0.15, -0.1) is 11.3 Å². The Morgan fingerprint density at radius 3 is 2.45 bits per heavy atom. The Labute approximate surface area is 236 Å². The number of anilines is 1. The number of halogens is 1. The van der Waals surface area contributed by atoms with E-state index in [0.29, 0.717) is 29.0 Å². The molecule has 4 aromatic rings. The molecule has 2 amide bonds. The van der Waals surface area contributed by atoms with Crippen LogP contribution >= 0.6 is 11.3 Å². The first kappa shape index (κ1) is 29.1. The van der Waals surface area contributed by atoms with Gasteiger partial charge in [0.15, 0.2) is 0 Å². The first-order valence-corrected chi connectivity index (χ1v) is 13.7. The van der Waals surface area contributed by atoms with E-state index in [1.165, 1.54) is 30.4 Å². The fourth-order valence-corrected chi connectivity index (χ4v) is 6.05. The molecule has 2 aromatic carbocycles. The second kappa shape index (κ2) is 12.5. The van der Waals surface area contributed by atoms with Crippen molar-refractivity contribution in [3.8, 4) is 0 Å². The Morgan fingerprint density at radius 2 is 1.80 bits per heavy atom. The van der Waals surface area contributed by atoms with Gasteiger partial charge < -0.3 is 20.3 Å². The SMILES string of the molecule is CC(=O)Nc1ccc(C(O)CN(C)Cc2sc3c(=O)c(CC(=O)NCc4ccc(F)cc4)cn(C)c3c2C)cc1. The lowest BCUT2D eigenvalue weighted by atomic mass is 10.1. The molecule has 40 heavy (non-hydrogen) atoms. The second-order valence-electron chi connectivity index (χ2n) is 10.0. The number of hydrogen-bond acceptors (Lipinski definition) is 6. The molecular weight excluding hydrogens is 531 g/mol. The molecule has 3 N–H and O–H groups in total. The second-order valence-corrected chi connectivity index (χ2v) is 11.1. The summed E-state index contributed by atoms with van der Waals surface area (Å²) < 4.78 is 15.6. The minimum Gasteiger partial charge on any atom is -0.387 e. The Bertz CT molecular complexity index is 1580. The van der Waals surface area contributed by atoms with Crippen LogP contribution in [0.2, 0.25) is 0 Å². The molecule has 0 saturated carbocycles. The van der Waals surface area contributed by atoms with E-state index < -0.39 is 6.10 Å². The molecule has 0 aliphatic heterocycles. The number of amides is 2. The third-order valence-corrected chi connectivity index (χ3v) is 7.95. The zero-order chi connectivity index (χ0) is 29.0. The first-order chi connectivity index (χ1) is 19.0. The first-order valence-electron chi connectivity index (χ1n) is 12.9. The number of thiophene rings is 1. The van der Waals surface area contributed by atoms with Crippen molar-refractivity contribution in [2.45, 2.75) is 39.5 Å². The number of likely N-dealkylation sites (N-methyl/N-ethyl adjacent to an activating group) is 1. The molecule has 0 aliphatic carbocycles. The average molecular weight is 565 g/mol. The topological polar surface area (TPSA) is 104 Å². The van der Waals surface area contributed by atoms with Gasteiger partial charge in [0.2, 0.25) is 17.2 Å². The number of nitrogens with zero attached hydrogens (tertiary/aromatic N) is 2. The molecule has 0 fully saturated rings. The Morgan fingerprint density at radius 1 is 1.12 bits per heavy atom. The molecule has 10 heteroatoms. The summed E-state index contributed by atoms with van der Waals surface area (Å²) in [6.45, 7) is 4.59. The zero-order valence-corrected chi connectivity index (χ0v) is 23.8. The van der Waals surface area contributed by atoms with Crippen LogP contribution < -0.4 is 16.1 Å². The highest BCUT2D eigenvalue weighted by Crippen LogP contribution is 2.30. The van der Waals surface area contributed by atoms with Crippen LogP contribution in [0.3, 0.4) is 0 Å². The molecule has 0 bridgehead atoms. The minimum atomic E-state index is -0.725. The van der Waals surface area contributed by atoms with E-state index in [0.717, 1.165) is 27.1 Å². The maximum Gasteiger partial charge on any atom is 0.224 e. The van der Waals surface area contributed by atoms with Gasteiger partial charge in [-0.3, -0.25) is 19.3 Å². The van der Waals surface area contributed by atoms with Crippen molar-refractivity contribution in [2.24, 2.45) is 7.05 Å². The summed E-state index contributed by atoms with van der Waals surface area (Å²) in [7, 11) is 3.77. The molecule has 4 rings (SSSR count). The van der Waals surface area contributed by atoms with Crippen LogP contribution in [0.15, 0.2) is 59.5 Å². The third-order valence-electron chi connectivity index (χ3n) is 6.68. The molecule has 0 saturated heterocycles. The maximum absolute atomic E-state index is 13.3. The van der Waals surface area contributed by atoms with E-state index in [2.05, 4.69) is 10.6 Å². The minimum absolute atomic E-state index is 0.0527. The number of aryl methyl sites for hydroxylation is 2. The summed E-state index contributed by atoms with van der Waals surface area (Å²) in [5, 5.41) is 16.3. The predicted molar refractivity (Wildman–Crippen MR) is 156 cm³/mol. The lowest BCUT2D eigenvalue weighted by Gasteiger charge is -2.21. The fraction of sp³-hybridized carbons (Fsp3) is 0.300. The lowest BCUT2D eigenvalue weighted by molar-refractivity contribution is -0.120. The number of carbonyl (C=O) groups excluding carboxylic acids is 2. The number of aromatic nitrogens is 1. The standard InChI is InChI=1S/C30H33FN4O4S/c1-18-26(17-34(3)16-25(37)21-7-11-24(12-8-21)33-19(2)36)40-30-28(18)35(4)15-22(29(30)39)13-27(38)32-14-20-5-9-23(31)10-6-20/h5-12,15,25,37H,13-14,16-17H2,1-4H3,(H,32,38)(H,33,36). The number of pyridine rings is 1. The van der Waals surface area contributed by atoms with Crippen molar-refractivity contribution in [3.05, 3.63) is 97.9 Å². The van der Waals surface area contributed by atoms with Crippen molar-refractivity contribution in [3.63, 3.8) is 0 Å². The summed E-state index contributed by atoms with van der Waals surface area (Å²) in [6, 6.07) is 13.0. The maximum atomic E-state index is 13.3. The van der Waals surface area contributed by atoms with Crippen molar-refractivity contribution in [1.82, 2.24) is 14.8 Å². The molecule has 0 spiro atoms. The van der Waals surface area contributed by atoms with E-state index in [4.69, 9.17) is 0 Å². The Kier molecular flexibility index (Phi) is 9.14. The van der Waals surface area contributed by atoms with E-state index in [1.54, 1.807) is 42.6 Å². The van der Waals surface area contributed by atoms with Crippen molar-refractivity contribution >= 4 is 39.1 Å². The number of aliphatic hydroxyl groups is 1. The normalized spacial score (nSPS) is 12.1. The van der Waals surface area contributed by atoms with Crippen LogP contribution in [0, 0.1) is 12.7 Å². The summed E-state index contributed by atoms with van der Waals surface area (Å²) >= 11 is 1.41. The quantitative estimate of drug-likeness (QED) is 0.270. The van der Waals surface area contributed by atoms with Crippen molar-refractivity contribution in [1.29, 1.82) is 0 Å². The van der Waals surface area contributed by atoms with Gasteiger partial charge in [0.25, 0.3) is 0 Å². The van der Waals surface area contributed by atoms with Crippen molar-refractivity contribution < 1.29 is 19.1 Å². The number of rotatable bonds is 10. The summed E-state index contributed by atoms with van der Waals surface area (Å²) in [5.74, 6) is -0.777. The predicted octanol–water partition coefficient (Wildman–Crippen LogP) is 4.03. The molecule has 1 unspecified atom stereocenters. The van der Waals surface area contributed by atoms with Gasteiger partial charge >= 0.3 is 0 Å². The van der Waals surface area contributed by atoms with Gasteiger partial charge in [-0.1, -0.05) is 24.3 Å². The highest BCUT2D eigenvalue weighted by molar-refractivity contribution is 7.19. The highest BCUT2D eigenvalue weighted by atomic mass is 32.1. The molecule has 2 aromatic heterocycles. The van der Waals surface area contributed by atoms with Gasteiger partial charge in [-0.2, -0.15) is 0 Å². The Hall–Kier alpha value is -3.86. The molecule has 0 aliphatic rings. The van der Waals surface area contributed by atoms with Crippen LogP contribution in [0.5, 0.6) is 0 Å². The fourth-order valence-electron chi connectivity index (χ4n) is 4.65. The number of benzene rings is 2. The van der Waals surface area contributed by atoms with Crippen LogP contribution in [-0.2, 0) is 36.1 Å². The Balaban J connectivity index is 1.43. The number of nitrogens with one attached hydrogen (secondary N) is 2. The van der Waals surface area contributed by atoms with Crippen molar-refractivity contribution in [2.75, 3.05) is 18.9 Å². The zero-order valence-electron chi connectivity index (χ0n) is 23.0. The monoisotopic (exact) mass is 564 g/mol. The van der Waals surface area contributed by atoms with Crippen LogP contribution in [0.4, 0.5) is 10.1 Å². The van der Waals surface area contributed by atoms with Gasteiger partial charge in [0, 0.05) is 55.9 Å². The van der Waals surface area contributed by atoms with Gasteiger partial charge in [0.1, 0.15) is 5.82 Å². The molecule has 210 valence electrons. The molecule has 1 atom stereocenters. The van der Waals surface area contributed by atoms with Crippen LogP contribution in [-0.4, -0.2) is 40.0 Å². The largest absolute Gasteiger partial charge is 0.387 e. The third kappa shape index (κ3) is 7.01. The molecule has 0 radical (unpaired) electrons. The molecule has 8 nitrogen and oxygen atoms in total. The van der Waals surface area contributed by atoms with Gasteiger partial charge in [-0.05, 0) is 54.9 Å². The summed E-state index contributed by atoms with van der Waals surface area (Å²) in [6.07, 6.45) is 0.935. The number of hydrogen-bond donors (Lipinski definition) is 3. The molecular formula is C30H33FN4O4S. The number of fused-ring (bicyclic) bond motifs is 1. The van der Waals surface area contributed by atoms with E-state index in [9.17, 15) is 23.9 Å². The van der Waals surface area contributed by atoms with E-state index in [-0.39, 0.29) is 36.0 Å². The number of carbonyl (C=O) groups is 2. The van der Waals surface area contributed by atoms with Gasteiger partial charge in [0.05, 0.1) is 22.7 Å². The smallest absolute Gasteiger partial charge is 0.224 e. The van der Waals surface area contributed by atoms with E-state index >= 15 is 0 Å². The van der Waals surface area contributed by atoms with Gasteiger partial charge in [-0.25, -0.2) is 4.39 Å². The lowest BCUT2D eigenvalue weighted by Crippen LogP contribution is -2.27. The summed E-state index contributed by atoms with van der Waals surface area (Å²) in [5.41, 5.74) is 4.26. The van der Waals surface area contributed by atoms with Crippen LogP contribution in [0.1, 0.15) is 40.2 Å². The highest BCUT2D eigenvalue weighted by Gasteiger charge is 2.19. The average Bonchev–Trinajstić information content (AvgIpc) is 3.23. The molecule has 2 heterocycles. The van der Waals surface area contributed by atoms with Crippen LogP contribution in [0.25, 0.3) is 10.2 Å². The summed E-state index contributed by atoms with van der Waals surface area (Å²) in [4.78, 5) is 40.1. The van der Waals surface area contributed by atoms with E-state index in [1.807, 2.05) is 30.5 Å². The number of aliphatic hydroxyl groups excluding tert-OH is 1.